The Morgan fingerprint density at radius 2 is 2.13 bits per heavy atom. The lowest BCUT2D eigenvalue weighted by Crippen LogP contribution is -2.19. The van der Waals surface area contributed by atoms with Gasteiger partial charge in [-0.1, -0.05) is 33.1 Å². The van der Waals surface area contributed by atoms with Crippen LogP contribution in [-0.2, 0) is 0 Å². The molecule has 86 valence electrons. The lowest BCUT2D eigenvalue weighted by molar-refractivity contribution is 0.382. The Balaban J connectivity index is 2.59. The topological polar surface area (TPSA) is 26.0 Å². The second-order valence-electron chi connectivity index (χ2n) is 3.98. The molecule has 0 radical (unpaired) electrons. The Morgan fingerprint density at radius 3 is 2.60 bits per heavy atom. The third-order valence-corrected chi connectivity index (χ3v) is 4.61. The quantitative estimate of drug-likeness (QED) is 0.805. The molecule has 0 aliphatic carbocycles. The molecule has 3 heteroatoms. The number of thiophene rings is 1. The van der Waals surface area contributed by atoms with Gasteiger partial charge in [-0.3, -0.25) is 0 Å². The Labute approximate surface area is 105 Å². The van der Waals surface area contributed by atoms with Crippen LogP contribution < -0.4 is 5.73 Å². The van der Waals surface area contributed by atoms with Crippen LogP contribution in [0.1, 0.15) is 50.4 Å². The van der Waals surface area contributed by atoms with E-state index in [-0.39, 0.29) is 6.04 Å². The summed E-state index contributed by atoms with van der Waals surface area (Å²) in [6.07, 6.45) is 4.98. The van der Waals surface area contributed by atoms with Crippen molar-refractivity contribution in [2.24, 2.45) is 11.7 Å². The fourth-order valence-electron chi connectivity index (χ4n) is 1.84. The van der Waals surface area contributed by atoms with Gasteiger partial charge in [0.15, 0.2) is 0 Å². The summed E-state index contributed by atoms with van der Waals surface area (Å²) in [4.78, 5) is 1.31. The maximum atomic E-state index is 6.29. The predicted octanol–water partition coefficient (Wildman–Crippen LogP) is 4.73. The standard InChI is InChI=1S/C12H20BrNS/c1-3-5-6-9(4-2)12(14)10-7-8-11(13)15-10/h7-9,12H,3-6,14H2,1-2H3. The van der Waals surface area contributed by atoms with E-state index < -0.39 is 0 Å². The van der Waals surface area contributed by atoms with Crippen LogP contribution in [-0.4, -0.2) is 0 Å². The molecule has 0 saturated heterocycles. The maximum absolute atomic E-state index is 6.29. The number of rotatable bonds is 6. The molecule has 0 bridgehead atoms. The lowest BCUT2D eigenvalue weighted by atomic mass is 9.91. The minimum Gasteiger partial charge on any atom is -0.323 e. The zero-order chi connectivity index (χ0) is 11.3. The second kappa shape index (κ2) is 6.66. The molecule has 1 nitrogen and oxygen atoms in total. The van der Waals surface area contributed by atoms with Crippen LogP contribution in [0.15, 0.2) is 15.9 Å². The first-order chi connectivity index (χ1) is 7.19. The van der Waals surface area contributed by atoms with Crippen LogP contribution in [0.3, 0.4) is 0 Å². The maximum Gasteiger partial charge on any atom is 0.0701 e. The van der Waals surface area contributed by atoms with Gasteiger partial charge in [0.25, 0.3) is 0 Å². The lowest BCUT2D eigenvalue weighted by Gasteiger charge is -2.21. The van der Waals surface area contributed by atoms with Gasteiger partial charge in [-0.2, -0.15) is 0 Å². The van der Waals surface area contributed by atoms with E-state index in [0.29, 0.717) is 5.92 Å². The molecular weight excluding hydrogens is 270 g/mol. The Kier molecular flexibility index (Phi) is 5.87. The molecule has 1 aromatic heterocycles. The summed E-state index contributed by atoms with van der Waals surface area (Å²) in [5.41, 5.74) is 6.29. The van der Waals surface area contributed by atoms with Crippen LogP contribution in [0.25, 0.3) is 0 Å². The normalized spacial score (nSPS) is 15.2. The van der Waals surface area contributed by atoms with Gasteiger partial charge in [0.2, 0.25) is 0 Å². The number of unbranched alkanes of at least 4 members (excludes halogenated alkanes) is 1. The van der Waals surface area contributed by atoms with E-state index in [4.69, 9.17) is 5.73 Å². The average Bonchev–Trinajstić information content (AvgIpc) is 2.65. The van der Waals surface area contributed by atoms with Crippen molar-refractivity contribution < 1.29 is 0 Å². The molecule has 1 rings (SSSR count). The van der Waals surface area contributed by atoms with E-state index >= 15 is 0 Å². The predicted molar refractivity (Wildman–Crippen MR) is 72.3 cm³/mol. The van der Waals surface area contributed by atoms with Crippen LogP contribution in [0, 0.1) is 5.92 Å². The van der Waals surface area contributed by atoms with Crippen LogP contribution in [0.4, 0.5) is 0 Å². The first-order valence-corrected chi connectivity index (χ1v) is 7.30. The first kappa shape index (κ1) is 13.2. The fourth-order valence-corrected chi connectivity index (χ4v) is 3.36. The van der Waals surface area contributed by atoms with E-state index in [1.54, 1.807) is 11.3 Å². The first-order valence-electron chi connectivity index (χ1n) is 5.69. The molecule has 0 aromatic carbocycles. The summed E-state index contributed by atoms with van der Waals surface area (Å²) < 4.78 is 1.18. The highest BCUT2D eigenvalue weighted by Crippen LogP contribution is 2.33. The highest BCUT2D eigenvalue weighted by Gasteiger charge is 2.18. The van der Waals surface area contributed by atoms with Crippen molar-refractivity contribution >= 4 is 27.3 Å². The summed E-state index contributed by atoms with van der Waals surface area (Å²) in [6, 6.07) is 4.46. The molecule has 0 aliphatic rings. The van der Waals surface area contributed by atoms with Gasteiger partial charge in [-0.05, 0) is 40.4 Å². The third kappa shape index (κ3) is 3.89. The fraction of sp³-hybridized carbons (Fsp3) is 0.667. The molecule has 0 fully saturated rings. The van der Waals surface area contributed by atoms with Crippen molar-refractivity contribution in [1.82, 2.24) is 0 Å². The summed E-state index contributed by atoms with van der Waals surface area (Å²) >= 11 is 5.25. The van der Waals surface area contributed by atoms with E-state index in [1.807, 2.05) is 0 Å². The minimum absolute atomic E-state index is 0.220. The van der Waals surface area contributed by atoms with Gasteiger partial charge in [-0.25, -0.2) is 0 Å². The minimum atomic E-state index is 0.220. The Morgan fingerprint density at radius 1 is 1.40 bits per heavy atom. The van der Waals surface area contributed by atoms with Crippen LogP contribution in [0.5, 0.6) is 0 Å². The van der Waals surface area contributed by atoms with E-state index in [0.717, 1.165) is 0 Å². The van der Waals surface area contributed by atoms with Gasteiger partial charge < -0.3 is 5.73 Å². The zero-order valence-corrected chi connectivity index (χ0v) is 11.9. The van der Waals surface area contributed by atoms with E-state index in [1.165, 1.54) is 34.3 Å². The molecule has 0 saturated carbocycles. The number of halogens is 1. The molecule has 15 heavy (non-hydrogen) atoms. The molecule has 2 atom stereocenters. The van der Waals surface area contributed by atoms with Gasteiger partial charge in [0.05, 0.1) is 3.79 Å². The monoisotopic (exact) mass is 289 g/mol. The van der Waals surface area contributed by atoms with Crippen LogP contribution in [0.2, 0.25) is 0 Å². The molecule has 0 spiro atoms. The molecule has 2 unspecified atom stereocenters. The van der Waals surface area contributed by atoms with Crippen molar-refractivity contribution in [1.29, 1.82) is 0 Å². The van der Waals surface area contributed by atoms with E-state index in [2.05, 4.69) is 41.9 Å². The molecule has 1 heterocycles. The summed E-state index contributed by atoms with van der Waals surface area (Å²) in [5.74, 6) is 0.635. The largest absolute Gasteiger partial charge is 0.323 e. The van der Waals surface area contributed by atoms with Crippen molar-refractivity contribution in [3.63, 3.8) is 0 Å². The summed E-state index contributed by atoms with van der Waals surface area (Å²) in [7, 11) is 0. The van der Waals surface area contributed by atoms with Gasteiger partial charge in [-0.15, -0.1) is 11.3 Å². The highest BCUT2D eigenvalue weighted by molar-refractivity contribution is 9.11. The molecule has 0 aliphatic heterocycles. The average molecular weight is 290 g/mol. The van der Waals surface area contributed by atoms with Crippen LogP contribution >= 0.6 is 27.3 Å². The van der Waals surface area contributed by atoms with Gasteiger partial charge >= 0.3 is 0 Å². The van der Waals surface area contributed by atoms with Crippen molar-refractivity contribution in [3.8, 4) is 0 Å². The molecule has 1 aromatic rings. The van der Waals surface area contributed by atoms with Gasteiger partial charge in [0, 0.05) is 10.9 Å². The summed E-state index contributed by atoms with van der Waals surface area (Å²) in [5, 5.41) is 0. The SMILES string of the molecule is CCCCC(CC)C(N)c1ccc(Br)s1. The Hall–Kier alpha value is 0.140. The van der Waals surface area contributed by atoms with Crippen molar-refractivity contribution in [2.75, 3.05) is 0 Å². The van der Waals surface area contributed by atoms with Crippen molar-refractivity contribution in [2.45, 2.75) is 45.6 Å². The second-order valence-corrected chi connectivity index (χ2v) is 6.47. The number of nitrogens with two attached hydrogens (primary N) is 1. The zero-order valence-electron chi connectivity index (χ0n) is 9.50. The van der Waals surface area contributed by atoms with E-state index in [9.17, 15) is 0 Å². The number of hydrogen-bond donors (Lipinski definition) is 1. The molecule has 2 N–H and O–H groups in total. The highest BCUT2D eigenvalue weighted by atomic mass is 79.9. The molecule has 0 amide bonds. The van der Waals surface area contributed by atoms with Crippen molar-refractivity contribution in [3.05, 3.63) is 20.8 Å². The smallest absolute Gasteiger partial charge is 0.0701 e. The summed E-state index contributed by atoms with van der Waals surface area (Å²) in [6.45, 7) is 4.48. The van der Waals surface area contributed by atoms with Gasteiger partial charge in [0.1, 0.15) is 0 Å². The third-order valence-electron chi connectivity index (χ3n) is 2.88. The molecular formula is C12H20BrNS. The Bertz CT molecular complexity index is 285. The number of hydrogen-bond acceptors (Lipinski definition) is 2.